The van der Waals surface area contributed by atoms with Gasteiger partial charge in [-0.3, -0.25) is 14.4 Å². The average Bonchev–Trinajstić information content (AvgIpc) is 3.28. The summed E-state index contributed by atoms with van der Waals surface area (Å²) in [5.74, 6) is -2.90. The van der Waals surface area contributed by atoms with Gasteiger partial charge in [0.2, 0.25) is 17.7 Å². The van der Waals surface area contributed by atoms with E-state index in [1.165, 1.54) is 24.1 Å². The summed E-state index contributed by atoms with van der Waals surface area (Å²) in [7, 11) is 1.52. The number of amides is 3. The highest BCUT2D eigenvalue weighted by molar-refractivity contribution is 6.00. The molecule has 2 bridgehead atoms. The Bertz CT molecular complexity index is 946. The molecule has 0 unspecified atom stereocenters. The molecule has 1 spiro atoms. The second-order valence-corrected chi connectivity index (χ2v) is 8.07. The van der Waals surface area contributed by atoms with Gasteiger partial charge in [-0.15, -0.1) is 6.58 Å². The molecule has 3 aliphatic heterocycles. The smallest absolute Gasteiger partial charge is 0.246 e. The van der Waals surface area contributed by atoms with Gasteiger partial charge in [0.15, 0.2) is 0 Å². The summed E-state index contributed by atoms with van der Waals surface area (Å²) < 4.78 is 19.4. The minimum Gasteiger partial charge on any atom is -0.359 e. The molecule has 30 heavy (non-hydrogen) atoms. The molecule has 158 valence electrons. The van der Waals surface area contributed by atoms with Crippen LogP contribution in [0.3, 0.4) is 0 Å². The molecule has 3 heterocycles. The van der Waals surface area contributed by atoms with E-state index in [-0.39, 0.29) is 30.7 Å². The number of hydrogen-bond acceptors (Lipinski definition) is 4. The van der Waals surface area contributed by atoms with Crippen molar-refractivity contribution >= 4 is 17.7 Å². The van der Waals surface area contributed by atoms with Crippen LogP contribution in [-0.4, -0.2) is 53.5 Å². The normalized spacial score (nSPS) is 33.5. The van der Waals surface area contributed by atoms with Gasteiger partial charge in [0, 0.05) is 20.1 Å². The Morgan fingerprint density at radius 3 is 2.60 bits per heavy atom. The van der Waals surface area contributed by atoms with Gasteiger partial charge in [-0.2, -0.15) is 0 Å². The highest BCUT2D eigenvalue weighted by Crippen LogP contribution is 2.59. The summed E-state index contributed by atoms with van der Waals surface area (Å²) in [5, 5.41) is 5.44. The predicted octanol–water partition coefficient (Wildman–Crippen LogP) is 0.915. The van der Waals surface area contributed by atoms with Gasteiger partial charge in [-0.1, -0.05) is 30.4 Å². The van der Waals surface area contributed by atoms with Crippen molar-refractivity contribution in [3.63, 3.8) is 0 Å². The molecular weight excluding hydrogens is 389 g/mol. The molecule has 1 aromatic rings. The second-order valence-electron chi connectivity index (χ2n) is 8.07. The number of carbonyl (C=O) groups is 3. The third-order valence-electron chi connectivity index (χ3n) is 6.28. The zero-order valence-electron chi connectivity index (χ0n) is 16.9. The third-order valence-corrected chi connectivity index (χ3v) is 6.28. The maximum Gasteiger partial charge on any atom is 0.246 e. The van der Waals surface area contributed by atoms with Crippen molar-refractivity contribution in [2.45, 2.75) is 30.7 Å². The van der Waals surface area contributed by atoms with Crippen LogP contribution in [0.4, 0.5) is 4.39 Å². The van der Waals surface area contributed by atoms with E-state index >= 15 is 0 Å². The third kappa shape index (κ3) is 2.78. The fraction of sp³-hybridized carbons (Fsp3) is 0.409. The summed E-state index contributed by atoms with van der Waals surface area (Å²) in [5.41, 5.74) is -1.46. The fourth-order valence-corrected chi connectivity index (χ4v) is 5.01. The van der Waals surface area contributed by atoms with E-state index in [1.54, 1.807) is 37.3 Å². The van der Waals surface area contributed by atoms with Crippen LogP contribution in [0.5, 0.6) is 0 Å². The second kappa shape index (κ2) is 7.05. The topological polar surface area (TPSA) is 87.7 Å². The van der Waals surface area contributed by atoms with Crippen LogP contribution in [0.25, 0.3) is 0 Å². The Hall–Kier alpha value is -3.00. The van der Waals surface area contributed by atoms with Gasteiger partial charge in [-0.25, -0.2) is 4.39 Å². The van der Waals surface area contributed by atoms with E-state index in [1.807, 2.05) is 0 Å². The van der Waals surface area contributed by atoms with Gasteiger partial charge in [0.05, 0.1) is 17.4 Å². The molecular formula is C22H24FN3O4. The Kier molecular flexibility index (Phi) is 4.77. The Morgan fingerprint density at radius 2 is 1.97 bits per heavy atom. The SMILES string of the molecule is C=CCN1C(=O)[C@@H]2[C@H](C(=O)NC)[C@@]3(C)C=C[C@@]2(O3)[C@H]1C(=O)NCc1ccc(F)cc1. The van der Waals surface area contributed by atoms with E-state index in [0.29, 0.717) is 0 Å². The lowest BCUT2D eigenvalue weighted by atomic mass is 9.70. The highest BCUT2D eigenvalue weighted by atomic mass is 19.1. The lowest BCUT2D eigenvalue weighted by Gasteiger charge is -2.32. The highest BCUT2D eigenvalue weighted by Gasteiger charge is 2.75. The number of ether oxygens (including phenoxy) is 1. The summed E-state index contributed by atoms with van der Waals surface area (Å²) >= 11 is 0. The van der Waals surface area contributed by atoms with Crippen molar-refractivity contribution in [2.75, 3.05) is 13.6 Å². The molecule has 0 saturated carbocycles. The Balaban J connectivity index is 1.66. The molecule has 8 heteroatoms. The quantitative estimate of drug-likeness (QED) is 0.679. The molecule has 0 aromatic heterocycles. The summed E-state index contributed by atoms with van der Waals surface area (Å²) in [4.78, 5) is 40.6. The molecule has 0 radical (unpaired) electrons. The first-order valence-corrected chi connectivity index (χ1v) is 9.83. The molecule has 2 fully saturated rings. The molecule has 7 nitrogen and oxygen atoms in total. The van der Waals surface area contributed by atoms with Gasteiger partial charge in [0.25, 0.3) is 0 Å². The van der Waals surface area contributed by atoms with Crippen molar-refractivity contribution in [1.82, 2.24) is 15.5 Å². The summed E-state index contributed by atoms with van der Waals surface area (Å²) in [6.07, 6.45) is 5.07. The van der Waals surface area contributed by atoms with E-state index in [4.69, 9.17) is 4.74 Å². The number of rotatable bonds is 6. The largest absolute Gasteiger partial charge is 0.359 e. The molecule has 0 aliphatic carbocycles. The van der Waals surface area contributed by atoms with E-state index < -0.39 is 35.0 Å². The zero-order chi connectivity index (χ0) is 21.7. The maximum atomic E-state index is 13.3. The van der Waals surface area contributed by atoms with Crippen LogP contribution in [0, 0.1) is 17.7 Å². The van der Waals surface area contributed by atoms with Gasteiger partial charge >= 0.3 is 0 Å². The molecule has 5 atom stereocenters. The molecule has 2 N–H and O–H groups in total. The van der Waals surface area contributed by atoms with Crippen LogP contribution >= 0.6 is 0 Å². The Labute approximate surface area is 173 Å². The van der Waals surface area contributed by atoms with Gasteiger partial charge in [0.1, 0.15) is 17.5 Å². The molecule has 2 saturated heterocycles. The fourth-order valence-electron chi connectivity index (χ4n) is 5.01. The first-order chi connectivity index (χ1) is 14.3. The lowest BCUT2D eigenvalue weighted by Crippen LogP contribution is -2.54. The van der Waals surface area contributed by atoms with E-state index in [2.05, 4.69) is 17.2 Å². The minimum absolute atomic E-state index is 0.153. The number of benzene rings is 1. The predicted molar refractivity (Wildman–Crippen MR) is 106 cm³/mol. The van der Waals surface area contributed by atoms with Crippen molar-refractivity contribution < 1.29 is 23.5 Å². The van der Waals surface area contributed by atoms with Crippen molar-refractivity contribution in [3.05, 3.63) is 60.5 Å². The average molecular weight is 413 g/mol. The first kappa shape index (κ1) is 20.3. The van der Waals surface area contributed by atoms with E-state index in [9.17, 15) is 18.8 Å². The number of likely N-dealkylation sites (tertiary alicyclic amines) is 1. The monoisotopic (exact) mass is 413 g/mol. The number of carbonyl (C=O) groups excluding carboxylic acids is 3. The number of nitrogens with zero attached hydrogens (tertiary/aromatic N) is 1. The summed E-state index contributed by atoms with van der Waals surface area (Å²) in [6, 6.07) is 4.86. The van der Waals surface area contributed by atoms with Crippen LogP contribution in [-0.2, 0) is 25.7 Å². The van der Waals surface area contributed by atoms with Crippen LogP contribution in [0.1, 0.15) is 12.5 Å². The van der Waals surface area contributed by atoms with Crippen LogP contribution in [0.15, 0.2) is 49.1 Å². The number of hydrogen-bond donors (Lipinski definition) is 2. The maximum absolute atomic E-state index is 13.3. The number of halogens is 1. The zero-order valence-corrected chi connectivity index (χ0v) is 16.9. The lowest BCUT2D eigenvalue weighted by molar-refractivity contribution is -0.144. The first-order valence-electron chi connectivity index (χ1n) is 9.83. The van der Waals surface area contributed by atoms with Crippen molar-refractivity contribution in [2.24, 2.45) is 11.8 Å². The van der Waals surface area contributed by atoms with Gasteiger partial charge < -0.3 is 20.3 Å². The van der Waals surface area contributed by atoms with Crippen molar-refractivity contribution in [1.29, 1.82) is 0 Å². The Morgan fingerprint density at radius 1 is 1.27 bits per heavy atom. The molecule has 3 amide bonds. The number of nitrogens with one attached hydrogen (secondary N) is 2. The van der Waals surface area contributed by atoms with Crippen LogP contribution in [0.2, 0.25) is 0 Å². The standard InChI is InChI=1S/C22H24FN3O4/c1-4-11-26-17(19(28)25-12-13-5-7-14(23)8-6-13)22-10-9-21(2,30-22)15(18(27)24-3)16(22)20(26)29/h4-10,15-17H,1,11-12H2,2-3H3,(H,24,27)(H,25,28)/t15-,16+,17-,21-,22+/m1/s1. The van der Waals surface area contributed by atoms with Crippen LogP contribution < -0.4 is 10.6 Å². The van der Waals surface area contributed by atoms with E-state index in [0.717, 1.165) is 5.56 Å². The summed E-state index contributed by atoms with van der Waals surface area (Å²) in [6.45, 7) is 5.78. The molecule has 4 rings (SSSR count). The van der Waals surface area contributed by atoms with Crippen molar-refractivity contribution in [3.8, 4) is 0 Å². The molecule has 1 aromatic carbocycles. The van der Waals surface area contributed by atoms with Gasteiger partial charge in [-0.05, 0) is 24.6 Å². The molecule has 3 aliphatic rings. The number of fused-ring (bicyclic) bond motifs is 1. The minimum atomic E-state index is -1.22.